The Morgan fingerprint density at radius 1 is 1.65 bits per heavy atom. The second-order valence-electron chi connectivity index (χ2n) is 3.05. The smallest absolute Gasteiger partial charge is 0.310 e. The van der Waals surface area contributed by atoms with Crippen LogP contribution in [0.1, 0.15) is 11.1 Å². The molecule has 0 saturated heterocycles. The van der Waals surface area contributed by atoms with Crippen LogP contribution in [0, 0.1) is 21.4 Å². The fraction of sp³-hybridized carbons (Fsp3) is 0.200. The number of halogens is 1. The molecule has 0 aliphatic heterocycles. The number of carbonyl (C=O) groups excluding carboxylic acids is 1. The van der Waals surface area contributed by atoms with Crippen LogP contribution in [0.25, 0.3) is 0 Å². The molecule has 0 atom stereocenters. The third kappa shape index (κ3) is 2.79. The number of hydrogen-bond acceptors (Lipinski definition) is 5. The van der Waals surface area contributed by atoms with Crippen LogP contribution >= 0.6 is 15.9 Å². The maximum Gasteiger partial charge on any atom is 0.310 e. The Kier molecular flexibility index (Phi) is 4.17. The molecule has 0 aromatic heterocycles. The van der Waals surface area contributed by atoms with Gasteiger partial charge in [-0.1, -0.05) is 6.07 Å². The molecule has 0 unspecified atom stereocenters. The van der Waals surface area contributed by atoms with Gasteiger partial charge in [-0.3, -0.25) is 14.9 Å². The summed E-state index contributed by atoms with van der Waals surface area (Å²) in [5, 5.41) is 19.6. The average molecular weight is 299 g/mol. The van der Waals surface area contributed by atoms with Gasteiger partial charge in [0, 0.05) is 6.07 Å². The van der Waals surface area contributed by atoms with Crippen molar-refractivity contribution in [3.05, 3.63) is 37.8 Å². The number of nitriles is 1. The molecule has 0 aliphatic carbocycles. The van der Waals surface area contributed by atoms with Gasteiger partial charge in [0.1, 0.15) is 10.5 Å². The maximum absolute atomic E-state index is 11.1. The molecule has 0 aliphatic rings. The van der Waals surface area contributed by atoms with E-state index in [9.17, 15) is 14.9 Å². The molecule has 0 saturated carbocycles. The van der Waals surface area contributed by atoms with Crippen molar-refractivity contribution in [2.45, 2.75) is 6.42 Å². The summed E-state index contributed by atoms with van der Waals surface area (Å²) in [5.74, 6) is -0.512. The SMILES string of the molecule is COC(=O)Cc1ccc([N+](=O)[O-])c(Br)c1C#N. The summed E-state index contributed by atoms with van der Waals surface area (Å²) in [5.41, 5.74) is 0.247. The molecule has 1 aromatic carbocycles. The van der Waals surface area contributed by atoms with E-state index in [1.807, 2.05) is 6.07 Å². The van der Waals surface area contributed by atoms with E-state index in [2.05, 4.69) is 20.7 Å². The van der Waals surface area contributed by atoms with E-state index in [0.29, 0.717) is 5.56 Å². The summed E-state index contributed by atoms with van der Waals surface area (Å²) >= 11 is 2.99. The summed E-state index contributed by atoms with van der Waals surface area (Å²) in [7, 11) is 1.23. The molecular formula is C10H7BrN2O4. The van der Waals surface area contributed by atoms with Gasteiger partial charge in [0.2, 0.25) is 0 Å². The van der Waals surface area contributed by atoms with Crippen LogP contribution in [-0.2, 0) is 16.0 Å². The number of hydrogen-bond donors (Lipinski definition) is 0. The lowest BCUT2D eigenvalue weighted by molar-refractivity contribution is -0.385. The molecule has 0 N–H and O–H groups in total. The van der Waals surface area contributed by atoms with Gasteiger partial charge in [-0.25, -0.2) is 0 Å². The number of nitro benzene ring substituents is 1. The summed E-state index contributed by atoms with van der Waals surface area (Å²) in [6.45, 7) is 0. The molecule has 1 aromatic rings. The minimum Gasteiger partial charge on any atom is -0.469 e. The van der Waals surface area contributed by atoms with Crippen LogP contribution in [0.5, 0.6) is 0 Å². The summed E-state index contributed by atoms with van der Waals surface area (Å²) in [6.07, 6.45) is -0.101. The minimum atomic E-state index is -0.604. The molecule has 6 nitrogen and oxygen atoms in total. The molecule has 0 spiro atoms. The Labute approximate surface area is 105 Å². The van der Waals surface area contributed by atoms with E-state index >= 15 is 0 Å². The molecule has 17 heavy (non-hydrogen) atoms. The lowest BCUT2D eigenvalue weighted by atomic mass is 10.0. The summed E-state index contributed by atoms with van der Waals surface area (Å²) in [4.78, 5) is 21.1. The van der Waals surface area contributed by atoms with Crippen molar-refractivity contribution < 1.29 is 14.5 Å². The lowest BCUT2D eigenvalue weighted by Gasteiger charge is -2.05. The second-order valence-corrected chi connectivity index (χ2v) is 3.85. The first kappa shape index (κ1) is 13.1. The van der Waals surface area contributed by atoms with Crippen LogP contribution in [0.2, 0.25) is 0 Å². The first-order valence-corrected chi connectivity index (χ1v) is 5.23. The zero-order chi connectivity index (χ0) is 13.0. The van der Waals surface area contributed by atoms with Crippen LogP contribution in [0.15, 0.2) is 16.6 Å². The number of carbonyl (C=O) groups is 1. The summed E-state index contributed by atoms with van der Waals surface area (Å²) in [6, 6.07) is 4.44. The van der Waals surface area contributed by atoms with Crippen LogP contribution in [0.4, 0.5) is 5.69 Å². The highest BCUT2D eigenvalue weighted by Crippen LogP contribution is 2.30. The topological polar surface area (TPSA) is 93.2 Å². The third-order valence-electron chi connectivity index (χ3n) is 2.08. The summed E-state index contributed by atoms with van der Waals surface area (Å²) < 4.78 is 4.55. The normalized spacial score (nSPS) is 9.47. The largest absolute Gasteiger partial charge is 0.469 e. The van der Waals surface area contributed by atoms with E-state index in [0.717, 1.165) is 0 Å². The van der Waals surface area contributed by atoms with E-state index in [4.69, 9.17) is 5.26 Å². The van der Waals surface area contributed by atoms with Crippen molar-refractivity contribution in [1.29, 1.82) is 5.26 Å². The molecule has 0 fully saturated rings. The number of methoxy groups -OCH3 is 1. The minimum absolute atomic E-state index is 0.0737. The van der Waals surface area contributed by atoms with E-state index in [1.54, 1.807) is 0 Å². The zero-order valence-corrected chi connectivity index (χ0v) is 10.4. The molecule has 0 amide bonds. The van der Waals surface area contributed by atoms with Gasteiger partial charge >= 0.3 is 5.97 Å². The van der Waals surface area contributed by atoms with Crippen LogP contribution in [-0.4, -0.2) is 18.0 Å². The van der Waals surface area contributed by atoms with Gasteiger partial charge in [0.05, 0.1) is 24.0 Å². The molecule has 88 valence electrons. The zero-order valence-electron chi connectivity index (χ0n) is 8.77. The lowest BCUT2D eigenvalue weighted by Crippen LogP contribution is -2.07. The number of rotatable bonds is 3. The van der Waals surface area contributed by atoms with Crippen molar-refractivity contribution in [3.63, 3.8) is 0 Å². The number of nitro groups is 1. The number of nitrogens with zero attached hydrogens (tertiary/aromatic N) is 2. The Balaban J connectivity index is 3.27. The van der Waals surface area contributed by atoms with Gasteiger partial charge in [0.25, 0.3) is 5.69 Å². The van der Waals surface area contributed by atoms with E-state index < -0.39 is 10.9 Å². The molecule has 0 radical (unpaired) electrons. The first-order chi connectivity index (χ1) is 8.01. The first-order valence-electron chi connectivity index (χ1n) is 4.44. The highest BCUT2D eigenvalue weighted by atomic mass is 79.9. The third-order valence-corrected chi connectivity index (χ3v) is 2.88. The van der Waals surface area contributed by atoms with Crippen molar-refractivity contribution >= 4 is 27.6 Å². The Bertz CT molecular complexity index is 522. The predicted octanol–water partition coefficient (Wildman–Crippen LogP) is 1.94. The Morgan fingerprint density at radius 3 is 2.76 bits per heavy atom. The monoisotopic (exact) mass is 298 g/mol. The number of esters is 1. The van der Waals surface area contributed by atoms with Crippen molar-refractivity contribution in [2.24, 2.45) is 0 Å². The molecule has 7 heteroatoms. The number of benzene rings is 1. The van der Waals surface area contributed by atoms with E-state index in [1.165, 1.54) is 19.2 Å². The number of ether oxygens (including phenoxy) is 1. The van der Waals surface area contributed by atoms with Gasteiger partial charge < -0.3 is 4.74 Å². The molecule has 0 bridgehead atoms. The van der Waals surface area contributed by atoms with Crippen LogP contribution < -0.4 is 0 Å². The fourth-order valence-corrected chi connectivity index (χ4v) is 1.86. The van der Waals surface area contributed by atoms with Crippen LogP contribution in [0.3, 0.4) is 0 Å². The average Bonchev–Trinajstić information content (AvgIpc) is 2.28. The second kappa shape index (κ2) is 5.41. The quantitative estimate of drug-likeness (QED) is 0.483. The highest BCUT2D eigenvalue weighted by molar-refractivity contribution is 9.10. The Morgan fingerprint density at radius 2 is 2.29 bits per heavy atom. The highest BCUT2D eigenvalue weighted by Gasteiger charge is 2.20. The maximum atomic E-state index is 11.1. The predicted molar refractivity (Wildman–Crippen MR) is 61.2 cm³/mol. The fourth-order valence-electron chi connectivity index (χ4n) is 1.24. The Hall–Kier alpha value is -1.94. The van der Waals surface area contributed by atoms with Gasteiger partial charge in [-0.2, -0.15) is 5.26 Å². The molecule has 1 rings (SSSR count). The van der Waals surface area contributed by atoms with Crippen molar-refractivity contribution in [1.82, 2.24) is 0 Å². The van der Waals surface area contributed by atoms with Gasteiger partial charge in [-0.05, 0) is 21.5 Å². The molecule has 0 heterocycles. The standard InChI is InChI=1S/C10H7BrN2O4/c1-17-9(14)4-6-2-3-8(13(15)16)10(11)7(6)5-12/h2-3H,4H2,1H3. The van der Waals surface area contributed by atoms with E-state index in [-0.39, 0.29) is 22.1 Å². The van der Waals surface area contributed by atoms with Crippen molar-refractivity contribution in [2.75, 3.05) is 7.11 Å². The molecular weight excluding hydrogens is 292 g/mol. The van der Waals surface area contributed by atoms with Gasteiger partial charge in [0.15, 0.2) is 0 Å². The van der Waals surface area contributed by atoms with Crippen molar-refractivity contribution in [3.8, 4) is 6.07 Å². The van der Waals surface area contributed by atoms with Gasteiger partial charge in [-0.15, -0.1) is 0 Å².